The van der Waals surface area contributed by atoms with Crippen LogP contribution in [0, 0.1) is 0 Å². The monoisotopic (exact) mass is 509 g/mol. The second-order valence-corrected chi connectivity index (χ2v) is 9.77. The Balaban J connectivity index is 1.67. The Bertz CT molecular complexity index is 1310. The Kier molecular flexibility index (Phi) is 8.01. The number of H-pyrrole nitrogens is 1. The van der Waals surface area contributed by atoms with E-state index in [1.165, 1.54) is 31.4 Å². The summed E-state index contributed by atoms with van der Waals surface area (Å²) < 4.78 is 35.9. The van der Waals surface area contributed by atoms with Crippen molar-refractivity contribution < 1.29 is 22.7 Å². The van der Waals surface area contributed by atoms with Crippen LogP contribution in [0.4, 0.5) is 5.69 Å². The third-order valence-corrected chi connectivity index (χ3v) is 7.20. The zero-order chi connectivity index (χ0) is 24.0. The zero-order valence-electron chi connectivity index (χ0n) is 17.6. The van der Waals surface area contributed by atoms with Crippen LogP contribution in [0.2, 0.25) is 5.02 Å². The number of halogens is 1. The van der Waals surface area contributed by atoms with Crippen molar-refractivity contribution >= 4 is 44.8 Å². The van der Waals surface area contributed by atoms with Gasteiger partial charge in [0.2, 0.25) is 15.7 Å². The van der Waals surface area contributed by atoms with Gasteiger partial charge in [-0.2, -0.15) is 0 Å². The average molecular weight is 510 g/mol. The van der Waals surface area contributed by atoms with Crippen LogP contribution in [0.5, 0.6) is 11.5 Å². The molecule has 0 fully saturated rings. The number of carbonyl (C=O) groups excluding carboxylic acids is 1. The lowest BCUT2D eigenvalue weighted by Gasteiger charge is -2.08. The third-order valence-electron chi connectivity index (χ3n) is 4.25. The lowest BCUT2D eigenvalue weighted by Crippen LogP contribution is -2.20. The van der Waals surface area contributed by atoms with Gasteiger partial charge in [0.05, 0.1) is 35.6 Å². The Morgan fingerprint density at radius 2 is 1.94 bits per heavy atom. The molecule has 1 aromatic heterocycles. The van der Waals surface area contributed by atoms with E-state index in [9.17, 15) is 18.0 Å². The molecule has 3 aromatic rings. The maximum atomic E-state index is 12.8. The summed E-state index contributed by atoms with van der Waals surface area (Å²) in [5.74, 6) is 0.559. The number of thioether (sulfide) groups is 1. The van der Waals surface area contributed by atoms with Crippen LogP contribution in [0.3, 0.4) is 0 Å². The summed E-state index contributed by atoms with van der Waals surface area (Å²) in [6.07, 6.45) is 0.980. The van der Waals surface area contributed by atoms with Gasteiger partial charge in [-0.25, -0.2) is 13.4 Å². The quantitative estimate of drug-likeness (QED) is 0.332. The van der Waals surface area contributed by atoms with Crippen molar-refractivity contribution in [1.82, 2.24) is 9.97 Å². The molecule has 0 spiro atoms. The number of aromatic nitrogens is 2. The maximum Gasteiger partial charge on any atom is 0.270 e. The molecule has 0 aliphatic carbocycles. The molecule has 1 heterocycles. The Labute approximate surface area is 199 Å². The van der Waals surface area contributed by atoms with Crippen LogP contribution in [-0.2, 0) is 14.6 Å². The van der Waals surface area contributed by atoms with Gasteiger partial charge in [0.15, 0.2) is 10.1 Å². The molecule has 0 bridgehead atoms. The SMILES string of the molecule is CCOc1ccc(S(=O)(=O)c2cnc(SCC(=O)Nc3ccc(OC)c(Cl)c3)[nH]c2=O)cc1. The minimum Gasteiger partial charge on any atom is -0.495 e. The fourth-order valence-corrected chi connectivity index (χ4v) is 4.84. The topological polar surface area (TPSA) is 127 Å². The van der Waals surface area contributed by atoms with E-state index in [-0.39, 0.29) is 21.7 Å². The van der Waals surface area contributed by atoms with Crippen molar-refractivity contribution in [2.75, 3.05) is 24.8 Å². The van der Waals surface area contributed by atoms with E-state index >= 15 is 0 Å². The number of rotatable bonds is 9. The van der Waals surface area contributed by atoms with E-state index in [0.29, 0.717) is 28.8 Å². The minimum absolute atomic E-state index is 0.0591. The number of carbonyl (C=O) groups is 1. The number of anilines is 1. The van der Waals surface area contributed by atoms with Crippen LogP contribution in [0.1, 0.15) is 6.92 Å². The number of hydrogen-bond acceptors (Lipinski definition) is 8. The van der Waals surface area contributed by atoms with Crippen molar-refractivity contribution in [1.29, 1.82) is 0 Å². The maximum absolute atomic E-state index is 12.8. The molecule has 3 rings (SSSR count). The molecule has 9 nitrogen and oxygen atoms in total. The number of hydrogen-bond donors (Lipinski definition) is 2. The number of nitrogens with one attached hydrogen (secondary N) is 2. The van der Waals surface area contributed by atoms with Gasteiger partial charge in [0.25, 0.3) is 5.56 Å². The molecule has 0 aliphatic heterocycles. The molecule has 174 valence electrons. The number of sulfone groups is 1. The van der Waals surface area contributed by atoms with Crippen LogP contribution >= 0.6 is 23.4 Å². The summed E-state index contributed by atoms with van der Waals surface area (Å²) in [5, 5.41) is 3.11. The van der Waals surface area contributed by atoms with E-state index in [4.69, 9.17) is 21.1 Å². The number of nitrogens with zero attached hydrogens (tertiary/aromatic N) is 1. The molecule has 33 heavy (non-hydrogen) atoms. The van der Waals surface area contributed by atoms with Crippen molar-refractivity contribution in [2.24, 2.45) is 0 Å². The predicted octanol–water partition coefficient (Wildman–Crippen LogP) is 3.39. The highest BCUT2D eigenvalue weighted by molar-refractivity contribution is 7.99. The molecule has 0 unspecified atom stereocenters. The number of methoxy groups -OCH3 is 1. The molecule has 0 saturated carbocycles. The summed E-state index contributed by atoms with van der Waals surface area (Å²) in [4.78, 5) is 30.4. The Morgan fingerprint density at radius 3 is 2.55 bits per heavy atom. The van der Waals surface area contributed by atoms with Crippen LogP contribution in [0.25, 0.3) is 0 Å². The van der Waals surface area contributed by atoms with E-state index in [0.717, 1.165) is 18.0 Å². The van der Waals surface area contributed by atoms with Crippen LogP contribution in [0.15, 0.2) is 68.4 Å². The third kappa shape index (κ3) is 6.06. The molecule has 0 radical (unpaired) electrons. The lowest BCUT2D eigenvalue weighted by molar-refractivity contribution is -0.113. The smallest absolute Gasteiger partial charge is 0.270 e. The first-order chi connectivity index (χ1) is 15.7. The van der Waals surface area contributed by atoms with Gasteiger partial charge < -0.3 is 19.8 Å². The standard InChI is InChI=1S/C21H20ClN3O6S2/c1-3-31-14-5-7-15(8-6-14)33(28,29)18-11-23-21(25-20(18)27)32-12-19(26)24-13-4-9-17(30-2)16(22)10-13/h4-11H,3,12H2,1-2H3,(H,24,26)(H,23,25,27). The number of aromatic amines is 1. The van der Waals surface area contributed by atoms with Crippen molar-refractivity contribution in [2.45, 2.75) is 21.9 Å². The zero-order valence-corrected chi connectivity index (χ0v) is 20.0. The number of amides is 1. The van der Waals surface area contributed by atoms with E-state index in [1.807, 2.05) is 6.92 Å². The fraction of sp³-hybridized carbons (Fsp3) is 0.190. The van der Waals surface area contributed by atoms with Gasteiger partial charge in [0, 0.05) is 5.69 Å². The number of benzene rings is 2. The summed E-state index contributed by atoms with van der Waals surface area (Å²) in [6.45, 7) is 2.26. The van der Waals surface area contributed by atoms with Gasteiger partial charge in [-0.15, -0.1) is 0 Å². The van der Waals surface area contributed by atoms with Crippen LogP contribution < -0.4 is 20.3 Å². The summed E-state index contributed by atoms with van der Waals surface area (Å²) in [6, 6.07) is 10.5. The Morgan fingerprint density at radius 1 is 1.21 bits per heavy atom. The molecular weight excluding hydrogens is 490 g/mol. The average Bonchev–Trinajstić information content (AvgIpc) is 2.78. The molecule has 2 N–H and O–H groups in total. The minimum atomic E-state index is -4.07. The van der Waals surface area contributed by atoms with Crippen LogP contribution in [-0.4, -0.2) is 43.8 Å². The van der Waals surface area contributed by atoms with Gasteiger partial charge in [-0.1, -0.05) is 23.4 Å². The van der Waals surface area contributed by atoms with Crippen molar-refractivity contribution in [3.8, 4) is 11.5 Å². The highest BCUT2D eigenvalue weighted by Crippen LogP contribution is 2.27. The predicted molar refractivity (Wildman–Crippen MR) is 125 cm³/mol. The largest absolute Gasteiger partial charge is 0.495 e. The summed E-state index contributed by atoms with van der Waals surface area (Å²) >= 11 is 6.98. The first-order valence-electron chi connectivity index (χ1n) is 9.58. The van der Waals surface area contributed by atoms with E-state index in [1.54, 1.807) is 18.2 Å². The van der Waals surface area contributed by atoms with Gasteiger partial charge in [0.1, 0.15) is 11.5 Å². The molecule has 2 aromatic carbocycles. The molecular formula is C21H20ClN3O6S2. The Hall–Kier alpha value is -3.02. The van der Waals surface area contributed by atoms with Gasteiger partial charge >= 0.3 is 0 Å². The second kappa shape index (κ2) is 10.7. The molecule has 0 saturated heterocycles. The van der Waals surface area contributed by atoms with Gasteiger partial charge in [-0.3, -0.25) is 9.59 Å². The highest BCUT2D eigenvalue weighted by Gasteiger charge is 2.22. The summed E-state index contributed by atoms with van der Waals surface area (Å²) in [5.41, 5.74) is -0.353. The first-order valence-corrected chi connectivity index (χ1v) is 12.4. The first kappa shape index (κ1) is 24.6. The normalized spacial score (nSPS) is 11.1. The van der Waals surface area contributed by atoms with E-state index < -0.39 is 20.3 Å². The van der Waals surface area contributed by atoms with Crippen molar-refractivity contribution in [3.63, 3.8) is 0 Å². The molecule has 0 aliphatic rings. The van der Waals surface area contributed by atoms with Crippen molar-refractivity contribution in [3.05, 3.63) is 64.0 Å². The molecule has 1 amide bonds. The summed E-state index contributed by atoms with van der Waals surface area (Å²) in [7, 11) is -2.59. The number of ether oxygens (including phenoxy) is 2. The molecule has 0 atom stereocenters. The highest BCUT2D eigenvalue weighted by atomic mass is 35.5. The second-order valence-electron chi connectivity index (χ2n) is 6.48. The lowest BCUT2D eigenvalue weighted by atomic mass is 10.3. The molecule has 12 heteroatoms. The fourth-order valence-electron chi connectivity index (χ4n) is 2.72. The van der Waals surface area contributed by atoms with Gasteiger partial charge in [-0.05, 0) is 49.4 Å². The van der Waals surface area contributed by atoms with E-state index in [2.05, 4.69) is 15.3 Å².